The van der Waals surface area contributed by atoms with Crippen molar-refractivity contribution in [2.24, 2.45) is 0 Å². The molecule has 2 aromatic carbocycles. The summed E-state index contributed by atoms with van der Waals surface area (Å²) in [4.78, 5) is 37.3. The molecule has 1 saturated heterocycles. The zero-order valence-corrected chi connectivity index (χ0v) is 17.7. The first kappa shape index (κ1) is 20.8. The van der Waals surface area contributed by atoms with Crippen molar-refractivity contribution < 1.29 is 19.1 Å². The van der Waals surface area contributed by atoms with Gasteiger partial charge in [-0.05, 0) is 65.8 Å². The van der Waals surface area contributed by atoms with Gasteiger partial charge in [0, 0.05) is 12.8 Å². The van der Waals surface area contributed by atoms with E-state index in [1.165, 1.54) is 10.5 Å². The number of hydrogen-bond donors (Lipinski definition) is 0. The number of imide groups is 1. The van der Waals surface area contributed by atoms with E-state index in [4.69, 9.17) is 4.74 Å². The molecule has 0 bridgehead atoms. The Morgan fingerprint density at radius 2 is 1.48 bits per heavy atom. The highest BCUT2D eigenvalue weighted by Gasteiger charge is 2.30. The first-order valence-electron chi connectivity index (χ1n) is 9.81. The second-order valence-corrected chi connectivity index (χ2v) is 8.58. The molecule has 2 amide bonds. The fourth-order valence-electron chi connectivity index (χ4n) is 3.49. The van der Waals surface area contributed by atoms with Gasteiger partial charge in [-0.2, -0.15) is 0 Å². The normalized spacial score (nSPS) is 14.4. The van der Waals surface area contributed by atoms with Crippen molar-refractivity contribution in [3.05, 3.63) is 64.2 Å². The molecule has 1 heterocycles. The van der Waals surface area contributed by atoms with Crippen LogP contribution in [-0.2, 0) is 26.3 Å². The van der Waals surface area contributed by atoms with Gasteiger partial charge in [0.2, 0.25) is 11.8 Å². The van der Waals surface area contributed by atoms with E-state index in [0.717, 1.165) is 16.7 Å². The summed E-state index contributed by atoms with van der Waals surface area (Å²) in [6.07, 6.45) is 0.463. The molecule has 0 unspecified atom stereocenters. The summed E-state index contributed by atoms with van der Waals surface area (Å²) in [5, 5.41) is 0. The lowest BCUT2D eigenvalue weighted by Crippen LogP contribution is -2.28. The van der Waals surface area contributed by atoms with E-state index < -0.39 is 5.97 Å². The molecule has 0 saturated carbocycles. The minimum Gasteiger partial charge on any atom is -0.457 e. The monoisotopic (exact) mass is 393 g/mol. The molecule has 0 spiro atoms. The second kappa shape index (κ2) is 7.82. The van der Waals surface area contributed by atoms with Crippen molar-refractivity contribution in [1.82, 2.24) is 0 Å². The lowest BCUT2D eigenvalue weighted by atomic mass is 9.84. The third kappa shape index (κ3) is 4.39. The summed E-state index contributed by atoms with van der Waals surface area (Å²) in [5.41, 5.74) is 5.39. The fourth-order valence-corrected chi connectivity index (χ4v) is 3.49. The highest BCUT2D eigenvalue weighted by molar-refractivity contribution is 6.19. The Bertz CT molecular complexity index is 928. The smallest absolute Gasteiger partial charge is 0.338 e. The topological polar surface area (TPSA) is 63.7 Å². The average Bonchev–Trinajstić information content (AvgIpc) is 2.98. The van der Waals surface area contributed by atoms with Crippen LogP contribution in [0.25, 0.3) is 0 Å². The van der Waals surface area contributed by atoms with E-state index in [9.17, 15) is 14.4 Å². The summed E-state index contributed by atoms with van der Waals surface area (Å²) in [6, 6.07) is 10.7. The van der Waals surface area contributed by atoms with E-state index in [0.29, 0.717) is 11.3 Å². The molecule has 0 atom stereocenters. The van der Waals surface area contributed by atoms with Gasteiger partial charge in [-0.15, -0.1) is 0 Å². The molecule has 152 valence electrons. The quantitative estimate of drug-likeness (QED) is 0.562. The minimum absolute atomic E-state index is 0.0601. The maximum absolute atomic E-state index is 12.5. The number of rotatable bonds is 4. The Morgan fingerprint density at radius 1 is 0.966 bits per heavy atom. The number of anilines is 1. The minimum atomic E-state index is -0.436. The average molecular weight is 393 g/mol. The van der Waals surface area contributed by atoms with Gasteiger partial charge in [-0.25, -0.2) is 4.79 Å². The zero-order valence-electron chi connectivity index (χ0n) is 17.7. The lowest BCUT2D eigenvalue weighted by molar-refractivity contribution is -0.121. The zero-order chi connectivity index (χ0) is 21.3. The summed E-state index contributed by atoms with van der Waals surface area (Å²) in [5.74, 6) is -0.862. The van der Waals surface area contributed by atoms with Gasteiger partial charge in [0.1, 0.15) is 6.61 Å². The van der Waals surface area contributed by atoms with Crippen LogP contribution in [0.15, 0.2) is 36.4 Å². The second-order valence-electron chi connectivity index (χ2n) is 8.58. The largest absolute Gasteiger partial charge is 0.457 e. The Hall–Kier alpha value is -2.95. The standard InChI is InChI=1S/C24H27NO4/c1-15-12-18(24(3,4)5)13-16(2)20(15)14-29-23(28)17-6-8-19(9-7-17)25-21(26)10-11-22(25)27/h6-9,12-13H,10-11,14H2,1-5H3. The number of aryl methyl sites for hydroxylation is 2. The van der Waals surface area contributed by atoms with Crippen LogP contribution in [0.1, 0.15) is 66.2 Å². The molecule has 29 heavy (non-hydrogen) atoms. The lowest BCUT2D eigenvalue weighted by Gasteiger charge is -2.22. The van der Waals surface area contributed by atoms with Crippen molar-refractivity contribution in [2.75, 3.05) is 4.90 Å². The van der Waals surface area contributed by atoms with Gasteiger partial charge >= 0.3 is 5.97 Å². The number of benzene rings is 2. The molecule has 1 aliphatic rings. The van der Waals surface area contributed by atoms with E-state index in [1.807, 2.05) is 13.8 Å². The first-order chi connectivity index (χ1) is 13.6. The molecule has 5 heteroatoms. The van der Waals surface area contributed by atoms with Gasteiger partial charge in [-0.3, -0.25) is 14.5 Å². The van der Waals surface area contributed by atoms with Gasteiger partial charge in [0.05, 0.1) is 11.3 Å². The van der Waals surface area contributed by atoms with Crippen LogP contribution < -0.4 is 4.90 Å². The highest BCUT2D eigenvalue weighted by Crippen LogP contribution is 2.28. The highest BCUT2D eigenvalue weighted by atomic mass is 16.5. The van der Waals surface area contributed by atoms with Crippen molar-refractivity contribution in [1.29, 1.82) is 0 Å². The van der Waals surface area contributed by atoms with Crippen LogP contribution in [0.4, 0.5) is 5.69 Å². The summed E-state index contributed by atoms with van der Waals surface area (Å²) >= 11 is 0. The van der Waals surface area contributed by atoms with Gasteiger partial charge in [0.15, 0.2) is 0 Å². The van der Waals surface area contributed by atoms with Crippen molar-refractivity contribution >= 4 is 23.5 Å². The first-order valence-corrected chi connectivity index (χ1v) is 9.81. The molecule has 0 radical (unpaired) electrons. The molecule has 0 N–H and O–H groups in total. The number of carbonyl (C=O) groups excluding carboxylic acids is 3. The predicted octanol–water partition coefficient (Wildman–Crippen LogP) is 4.61. The molecule has 3 rings (SSSR count). The molecular formula is C24H27NO4. The molecule has 1 fully saturated rings. The van der Waals surface area contributed by atoms with Crippen LogP contribution in [0.3, 0.4) is 0 Å². The molecule has 5 nitrogen and oxygen atoms in total. The molecule has 0 aromatic heterocycles. The molecule has 0 aliphatic carbocycles. The maximum atomic E-state index is 12.5. The van der Waals surface area contributed by atoms with Crippen LogP contribution in [0.2, 0.25) is 0 Å². The number of ether oxygens (including phenoxy) is 1. The third-order valence-electron chi connectivity index (χ3n) is 5.32. The Morgan fingerprint density at radius 3 is 1.97 bits per heavy atom. The van der Waals surface area contributed by atoms with Gasteiger partial charge < -0.3 is 4.74 Å². The SMILES string of the molecule is Cc1cc(C(C)(C)C)cc(C)c1COC(=O)c1ccc(N2C(=O)CCC2=O)cc1. The van der Waals surface area contributed by atoms with Gasteiger partial charge in [0.25, 0.3) is 0 Å². The number of esters is 1. The summed E-state index contributed by atoms with van der Waals surface area (Å²) in [6.45, 7) is 10.8. The van der Waals surface area contributed by atoms with Crippen molar-refractivity contribution in [3.63, 3.8) is 0 Å². The predicted molar refractivity (Wildman–Crippen MR) is 112 cm³/mol. The number of hydrogen-bond acceptors (Lipinski definition) is 4. The van der Waals surface area contributed by atoms with Crippen molar-refractivity contribution in [2.45, 2.75) is 59.5 Å². The van der Waals surface area contributed by atoms with E-state index >= 15 is 0 Å². The van der Waals surface area contributed by atoms with Crippen LogP contribution in [-0.4, -0.2) is 17.8 Å². The maximum Gasteiger partial charge on any atom is 0.338 e. The van der Waals surface area contributed by atoms with Crippen LogP contribution in [0, 0.1) is 13.8 Å². The molecule has 2 aromatic rings. The molecular weight excluding hydrogens is 366 g/mol. The number of nitrogens with zero attached hydrogens (tertiary/aromatic N) is 1. The molecule has 1 aliphatic heterocycles. The van der Waals surface area contributed by atoms with Gasteiger partial charge in [-0.1, -0.05) is 32.9 Å². The van der Waals surface area contributed by atoms with Crippen LogP contribution >= 0.6 is 0 Å². The van der Waals surface area contributed by atoms with Crippen LogP contribution in [0.5, 0.6) is 0 Å². The number of carbonyl (C=O) groups is 3. The Labute approximate surface area is 171 Å². The Kier molecular flexibility index (Phi) is 5.60. The third-order valence-corrected chi connectivity index (χ3v) is 5.32. The van der Waals surface area contributed by atoms with Crippen molar-refractivity contribution in [3.8, 4) is 0 Å². The Balaban J connectivity index is 1.70. The number of amides is 2. The van der Waals surface area contributed by atoms with E-state index in [1.54, 1.807) is 24.3 Å². The summed E-state index contributed by atoms with van der Waals surface area (Å²) in [7, 11) is 0. The van der Waals surface area contributed by atoms with E-state index in [2.05, 4.69) is 32.9 Å². The summed E-state index contributed by atoms with van der Waals surface area (Å²) < 4.78 is 5.52. The fraction of sp³-hybridized carbons (Fsp3) is 0.375. The van der Waals surface area contributed by atoms with E-state index in [-0.39, 0.29) is 36.7 Å².